The Labute approximate surface area is 107 Å². The SMILES string of the molecule is Cc1cncc(CN(C)c2ccc(C#N)cc2)c1. The first-order valence-corrected chi connectivity index (χ1v) is 5.81. The predicted molar refractivity (Wildman–Crippen MR) is 72.2 cm³/mol. The molecule has 0 aliphatic carbocycles. The van der Waals surface area contributed by atoms with Crippen LogP contribution in [0.3, 0.4) is 0 Å². The van der Waals surface area contributed by atoms with Gasteiger partial charge in [0.1, 0.15) is 0 Å². The van der Waals surface area contributed by atoms with Gasteiger partial charge in [0.25, 0.3) is 0 Å². The summed E-state index contributed by atoms with van der Waals surface area (Å²) >= 11 is 0. The Balaban J connectivity index is 2.12. The lowest BCUT2D eigenvalue weighted by molar-refractivity contribution is 0.912. The molecule has 2 rings (SSSR count). The quantitative estimate of drug-likeness (QED) is 0.824. The van der Waals surface area contributed by atoms with Crippen LogP contribution in [0.4, 0.5) is 5.69 Å². The third-order valence-corrected chi connectivity index (χ3v) is 2.79. The van der Waals surface area contributed by atoms with Gasteiger partial charge in [0.15, 0.2) is 0 Å². The van der Waals surface area contributed by atoms with E-state index >= 15 is 0 Å². The molecule has 18 heavy (non-hydrogen) atoms. The number of benzene rings is 1. The molecule has 0 fully saturated rings. The molecular weight excluding hydrogens is 222 g/mol. The Hall–Kier alpha value is -2.34. The zero-order valence-electron chi connectivity index (χ0n) is 10.6. The maximum Gasteiger partial charge on any atom is 0.0991 e. The standard InChI is InChI=1S/C15H15N3/c1-12-7-14(10-17-9-12)11-18(2)15-5-3-13(8-16)4-6-15/h3-7,9-10H,11H2,1-2H3. The number of aromatic nitrogens is 1. The minimum atomic E-state index is 0.685. The van der Waals surface area contributed by atoms with Crippen molar-refractivity contribution in [2.24, 2.45) is 0 Å². The van der Waals surface area contributed by atoms with Crippen LogP contribution in [-0.4, -0.2) is 12.0 Å². The molecule has 0 aliphatic rings. The second kappa shape index (κ2) is 5.33. The van der Waals surface area contributed by atoms with Crippen LogP contribution in [0.15, 0.2) is 42.7 Å². The predicted octanol–water partition coefficient (Wildman–Crippen LogP) is 2.90. The summed E-state index contributed by atoms with van der Waals surface area (Å²) in [5.74, 6) is 0. The van der Waals surface area contributed by atoms with Crippen LogP contribution in [0.2, 0.25) is 0 Å². The summed E-state index contributed by atoms with van der Waals surface area (Å²) < 4.78 is 0. The Morgan fingerprint density at radius 2 is 1.94 bits per heavy atom. The van der Waals surface area contributed by atoms with E-state index in [-0.39, 0.29) is 0 Å². The molecule has 3 nitrogen and oxygen atoms in total. The molecule has 1 aromatic carbocycles. The van der Waals surface area contributed by atoms with E-state index in [0.29, 0.717) is 5.56 Å². The van der Waals surface area contributed by atoms with E-state index < -0.39 is 0 Å². The zero-order chi connectivity index (χ0) is 13.0. The van der Waals surface area contributed by atoms with Gasteiger partial charge in [-0.15, -0.1) is 0 Å². The molecule has 0 saturated heterocycles. The van der Waals surface area contributed by atoms with Crippen LogP contribution < -0.4 is 4.90 Å². The van der Waals surface area contributed by atoms with Gasteiger partial charge >= 0.3 is 0 Å². The molecule has 2 aromatic rings. The van der Waals surface area contributed by atoms with Gasteiger partial charge in [-0.25, -0.2) is 0 Å². The van der Waals surface area contributed by atoms with Crippen molar-refractivity contribution < 1.29 is 0 Å². The first kappa shape index (κ1) is 12.1. The van der Waals surface area contributed by atoms with E-state index in [9.17, 15) is 0 Å². The topological polar surface area (TPSA) is 39.9 Å². The largest absolute Gasteiger partial charge is 0.370 e. The summed E-state index contributed by atoms with van der Waals surface area (Å²) in [6, 6.07) is 11.8. The molecule has 0 aliphatic heterocycles. The first-order chi connectivity index (χ1) is 8.69. The van der Waals surface area contributed by atoms with E-state index in [4.69, 9.17) is 5.26 Å². The van der Waals surface area contributed by atoms with Gasteiger partial charge in [-0.2, -0.15) is 5.26 Å². The van der Waals surface area contributed by atoms with Crippen molar-refractivity contribution in [3.63, 3.8) is 0 Å². The van der Waals surface area contributed by atoms with Crippen molar-refractivity contribution in [3.05, 3.63) is 59.4 Å². The summed E-state index contributed by atoms with van der Waals surface area (Å²) in [6.07, 6.45) is 3.73. The van der Waals surface area contributed by atoms with Crippen LogP contribution in [-0.2, 0) is 6.54 Å². The van der Waals surface area contributed by atoms with Gasteiger partial charge in [0, 0.05) is 31.7 Å². The number of nitrogens with zero attached hydrogens (tertiary/aromatic N) is 3. The fourth-order valence-electron chi connectivity index (χ4n) is 1.86. The molecule has 0 bridgehead atoms. The first-order valence-electron chi connectivity index (χ1n) is 5.81. The molecule has 0 atom stereocenters. The van der Waals surface area contributed by atoms with Crippen LogP contribution in [0.5, 0.6) is 0 Å². The van der Waals surface area contributed by atoms with Gasteiger partial charge in [-0.1, -0.05) is 6.07 Å². The smallest absolute Gasteiger partial charge is 0.0991 e. The Morgan fingerprint density at radius 3 is 2.56 bits per heavy atom. The van der Waals surface area contributed by atoms with Crippen molar-refractivity contribution in [1.29, 1.82) is 5.26 Å². The van der Waals surface area contributed by atoms with Gasteiger partial charge in [0.2, 0.25) is 0 Å². The van der Waals surface area contributed by atoms with E-state index in [2.05, 4.69) is 22.0 Å². The molecule has 0 unspecified atom stereocenters. The molecular formula is C15H15N3. The van der Waals surface area contributed by atoms with E-state index in [1.165, 1.54) is 11.1 Å². The van der Waals surface area contributed by atoms with Crippen LogP contribution in [0.1, 0.15) is 16.7 Å². The van der Waals surface area contributed by atoms with Crippen molar-refractivity contribution >= 4 is 5.69 Å². The van der Waals surface area contributed by atoms with Gasteiger partial charge in [0.05, 0.1) is 11.6 Å². The number of anilines is 1. The van der Waals surface area contributed by atoms with Crippen molar-refractivity contribution in [2.45, 2.75) is 13.5 Å². The Bertz CT molecular complexity index is 567. The lowest BCUT2D eigenvalue weighted by atomic mass is 10.2. The summed E-state index contributed by atoms with van der Waals surface area (Å²) in [5.41, 5.74) is 4.13. The monoisotopic (exact) mass is 237 g/mol. The van der Waals surface area contributed by atoms with Crippen molar-refractivity contribution in [1.82, 2.24) is 4.98 Å². The highest BCUT2D eigenvalue weighted by molar-refractivity contribution is 5.49. The second-order valence-corrected chi connectivity index (χ2v) is 4.39. The minimum absolute atomic E-state index is 0.685. The normalized spacial score (nSPS) is 9.83. The number of nitriles is 1. The second-order valence-electron chi connectivity index (χ2n) is 4.39. The Morgan fingerprint density at radius 1 is 1.22 bits per heavy atom. The highest BCUT2D eigenvalue weighted by Gasteiger charge is 2.02. The summed E-state index contributed by atoms with van der Waals surface area (Å²) in [7, 11) is 2.03. The molecule has 0 radical (unpaired) electrons. The van der Waals surface area contributed by atoms with Gasteiger partial charge < -0.3 is 4.90 Å². The molecule has 3 heteroatoms. The molecule has 1 aromatic heterocycles. The van der Waals surface area contributed by atoms with E-state index in [1.54, 1.807) is 0 Å². The van der Waals surface area contributed by atoms with Gasteiger partial charge in [-0.05, 0) is 42.3 Å². The molecule has 0 amide bonds. The highest BCUT2D eigenvalue weighted by atomic mass is 15.1. The number of hydrogen-bond acceptors (Lipinski definition) is 3. The molecule has 0 spiro atoms. The molecule has 0 N–H and O–H groups in total. The summed E-state index contributed by atoms with van der Waals surface area (Å²) in [6.45, 7) is 2.85. The average molecular weight is 237 g/mol. The lowest BCUT2D eigenvalue weighted by Crippen LogP contribution is -2.16. The number of aryl methyl sites for hydroxylation is 1. The lowest BCUT2D eigenvalue weighted by Gasteiger charge is -2.19. The Kier molecular flexibility index (Phi) is 3.59. The fourth-order valence-corrected chi connectivity index (χ4v) is 1.86. The molecule has 1 heterocycles. The minimum Gasteiger partial charge on any atom is -0.370 e. The zero-order valence-corrected chi connectivity index (χ0v) is 10.6. The highest BCUT2D eigenvalue weighted by Crippen LogP contribution is 2.16. The van der Waals surface area contributed by atoms with Crippen LogP contribution in [0, 0.1) is 18.3 Å². The van der Waals surface area contributed by atoms with E-state index in [1.807, 2.05) is 50.6 Å². The molecule has 0 saturated carbocycles. The maximum atomic E-state index is 8.76. The summed E-state index contributed by atoms with van der Waals surface area (Å²) in [5, 5.41) is 8.76. The average Bonchev–Trinajstić information content (AvgIpc) is 2.39. The number of rotatable bonds is 3. The number of pyridine rings is 1. The third-order valence-electron chi connectivity index (χ3n) is 2.79. The van der Waals surface area contributed by atoms with E-state index in [0.717, 1.165) is 12.2 Å². The summed E-state index contributed by atoms with van der Waals surface area (Å²) in [4.78, 5) is 6.33. The van der Waals surface area contributed by atoms with Crippen molar-refractivity contribution in [3.8, 4) is 6.07 Å². The maximum absolute atomic E-state index is 8.76. The van der Waals surface area contributed by atoms with Gasteiger partial charge in [-0.3, -0.25) is 4.98 Å². The van der Waals surface area contributed by atoms with Crippen molar-refractivity contribution in [2.75, 3.05) is 11.9 Å². The molecule has 90 valence electrons. The van der Waals surface area contributed by atoms with Crippen LogP contribution in [0.25, 0.3) is 0 Å². The van der Waals surface area contributed by atoms with Crippen LogP contribution >= 0.6 is 0 Å². The number of hydrogen-bond donors (Lipinski definition) is 0. The fraction of sp³-hybridized carbons (Fsp3) is 0.200. The third kappa shape index (κ3) is 2.86.